The van der Waals surface area contributed by atoms with Crippen LogP contribution < -0.4 is 0 Å². The van der Waals surface area contributed by atoms with Crippen LogP contribution in [0.15, 0.2) is 0 Å². The molecule has 0 unspecified atom stereocenters. The highest BCUT2D eigenvalue weighted by molar-refractivity contribution is 4.47. The number of unbranched alkanes of at least 4 members (excludes halogenated alkanes) is 11. The molecule has 1 heteroatoms. The predicted octanol–water partition coefficient (Wildman–Crippen LogP) is 6.10. The topological polar surface area (TPSA) is 20.2 Å². The van der Waals surface area contributed by atoms with E-state index in [9.17, 15) is 0 Å². The summed E-state index contributed by atoms with van der Waals surface area (Å²) in [4.78, 5) is 0. The average Bonchev–Trinajstić information content (AvgIpc) is 2.37. The molecule has 0 spiro atoms. The van der Waals surface area contributed by atoms with E-state index in [1.54, 1.807) is 0 Å². The second-order valence-electron chi connectivity index (χ2n) is 5.32. The highest BCUT2D eigenvalue weighted by atomic mass is 16.2. The summed E-state index contributed by atoms with van der Waals surface area (Å²) < 4.78 is 0. The molecule has 1 N–H and O–H groups in total. The van der Waals surface area contributed by atoms with Gasteiger partial charge in [-0.25, -0.2) is 0 Å². The van der Waals surface area contributed by atoms with Crippen molar-refractivity contribution in [2.24, 2.45) is 0 Å². The summed E-state index contributed by atoms with van der Waals surface area (Å²) >= 11 is 0. The van der Waals surface area contributed by atoms with Crippen LogP contribution in [0.25, 0.3) is 0 Å². The predicted molar refractivity (Wildman–Crippen MR) is 84.1 cm³/mol. The van der Waals surface area contributed by atoms with Crippen LogP contribution in [-0.2, 0) is 0 Å². The summed E-state index contributed by atoms with van der Waals surface area (Å²) in [7, 11) is 0. The molecule has 0 saturated carbocycles. The van der Waals surface area contributed by atoms with E-state index in [0.717, 1.165) is 6.42 Å². The Kier molecular flexibility index (Phi) is 25.0. The molecule has 0 aliphatic rings. The fraction of sp³-hybridized carbons (Fsp3) is 1.00. The molecule has 0 heterocycles. The summed E-state index contributed by atoms with van der Waals surface area (Å²) in [6, 6.07) is 0. The van der Waals surface area contributed by atoms with Gasteiger partial charge in [0.15, 0.2) is 0 Å². The first-order valence-electron chi connectivity index (χ1n) is 8.44. The van der Waals surface area contributed by atoms with Crippen LogP contribution in [0.3, 0.4) is 0 Å². The minimum Gasteiger partial charge on any atom is -0.396 e. The van der Waals surface area contributed by atoms with Gasteiger partial charge in [0.1, 0.15) is 0 Å². The van der Waals surface area contributed by atoms with Gasteiger partial charge >= 0.3 is 0 Å². The zero-order chi connectivity index (χ0) is 13.9. The molecule has 0 bridgehead atoms. The number of hydrogen-bond donors (Lipinski definition) is 1. The fourth-order valence-corrected chi connectivity index (χ4v) is 1.95. The van der Waals surface area contributed by atoms with Crippen LogP contribution in [0, 0.1) is 0 Å². The van der Waals surface area contributed by atoms with Crippen LogP contribution >= 0.6 is 0 Å². The van der Waals surface area contributed by atoms with Gasteiger partial charge in [0.05, 0.1) is 0 Å². The van der Waals surface area contributed by atoms with Crippen LogP contribution in [0.2, 0.25) is 0 Å². The zero-order valence-electron chi connectivity index (χ0n) is 13.3. The van der Waals surface area contributed by atoms with E-state index in [0.29, 0.717) is 6.61 Å². The minimum absolute atomic E-state index is 0.372. The van der Waals surface area contributed by atoms with Crippen molar-refractivity contribution in [3.63, 3.8) is 0 Å². The molecular formula is C17H38O. The van der Waals surface area contributed by atoms with E-state index in [2.05, 4.69) is 20.8 Å². The van der Waals surface area contributed by atoms with E-state index in [-0.39, 0.29) is 0 Å². The summed E-state index contributed by atoms with van der Waals surface area (Å²) in [5.41, 5.74) is 0. The quantitative estimate of drug-likeness (QED) is 0.420. The van der Waals surface area contributed by atoms with Crippen molar-refractivity contribution in [1.82, 2.24) is 0 Å². The van der Waals surface area contributed by atoms with Crippen molar-refractivity contribution in [3.8, 4) is 0 Å². The number of hydrogen-bond acceptors (Lipinski definition) is 1. The maximum absolute atomic E-state index is 8.61. The summed E-state index contributed by atoms with van der Waals surface area (Å²) in [6.07, 6.45) is 17.5. The standard InChI is InChI=1S/C14H30O.C3H8/c1-2-3-4-5-6-7-8-9-10-11-12-13-14-15;1-3-2/h15H,2-14H2,1H3;3H2,1-2H3. The van der Waals surface area contributed by atoms with E-state index < -0.39 is 0 Å². The van der Waals surface area contributed by atoms with Gasteiger partial charge in [-0.1, -0.05) is 97.8 Å². The molecule has 0 atom stereocenters. The minimum atomic E-state index is 0.372. The van der Waals surface area contributed by atoms with Crippen LogP contribution in [0.1, 0.15) is 104 Å². The molecule has 1 nitrogen and oxygen atoms in total. The van der Waals surface area contributed by atoms with Crippen molar-refractivity contribution >= 4 is 0 Å². The van der Waals surface area contributed by atoms with Crippen molar-refractivity contribution in [3.05, 3.63) is 0 Å². The van der Waals surface area contributed by atoms with Crippen molar-refractivity contribution < 1.29 is 5.11 Å². The van der Waals surface area contributed by atoms with Gasteiger partial charge in [0, 0.05) is 6.61 Å². The van der Waals surface area contributed by atoms with E-state index >= 15 is 0 Å². The monoisotopic (exact) mass is 258 g/mol. The lowest BCUT2D eigenvalue weighted by molar-refractivity contribution is 0.282. The largest absolute Gasteiger partial charge is 0.396 e. The second-order valence-corrected chi connectivity index (χ2v) is 5.32. The smallest absolute Gasteiger partial charge is 0.0431 e. The molecule has 0 aromatic heterocycles. The Morgan fingerprint density at radius 1 is 0.500 bits per heavy atom. The third-order valence-electron chi connectivity index (χ3n) is 3.01. The Morgan fingerprint density at radius 2 is 0.778 bits per heavy atom. The molecule has 18 heavy (non-hydrogen) atoms. The molecule has 0 aromatic carbocycles. The lowest BCUT2D eigenvalue weighted by Gasteiger charge is -2.01. The highest BCUT2D eigenvalue weighted by Crippen LogP contribution is 2.11. The van der Waals surface area contributed by atoms with Crippen LogP contribution in [-0.4, -0.2) is 11.7 Å². The third kappa shape index (κ3) is 25.0. The van der Waals surface area contributed by atoms with Crippen molar-refractivity contribution in [2.75, 3.05) is 6.61 Å². The number of aliphatic hydroxyl groups is 1. The van der Waals surface area contributed by atoms with Gasteiger partial charge in [0.2, 0.25) is 0 Å². The Balaban J connectivity index is 0. The van der Waals surface area contributed by atoms with E-state index in [4.69, 9.17) is 5.11 Å². The Morgan fingerprint density at radius 3 is 1.06 bits per heavy atom. The molecule has 0 fully saturated rings. The van der Waals surface area contributed by atoms with E-state index in [1.165, 1.54) is 77.0 Å². The SMILES string of the molecule is CCC.CCCCCCCCCCCCCCO. The normalized spacial score (nSPS) is 10.0. The maximum atomic E-state index is 8.61. The van der Waals surface area contributed by atoms with Crippen LogP contribution in [0.5, 0.6) is 0 Å². The number of aliphatic hydroxyl groups excluding tert-OH is 1. The Labute approximate surface area is 116 Å². The lowest BCUT2D eigenvalue weighted by atomic mass is 10.1. The first kappa shape index (κ1) is 20.3. The molecule has 0 saturated heterocycles. The van der Waals surface area contributed by atoms with Gasteiger partial charge in [-0.3, -0.25) is 0 Å². The second kappa shape index (κ2) is 22.2. The first-order chi connectivity index (χ1) is 8.83. The first-order valence-corrected chi connectivity index (χ1v) is 8.44. The van der Waals surface area contributed by atoms with Gasteiger partial charge in [-0.05, 0) is 6.42 Å². The molecule has 0 amide bonds. The van der Waals surface area contributed by atoms with Gasteiger partial charge in [-0.2, -0.15) is 0 Å². The summed E-state index contributed by atoms with van der Waals surface area (Å²) in [5.74, 6) is 0. The summed E-state index contributed by atoms with van der Waals surface area (Å²) in [6.45, 7) is 6.89. The third-order valence-corrected chi connectivity index (χ3v) is 3.01. The fourth-order valence-electron chi connectivity index (χ4n) is 1.95. The van der Waals surface area contributed by atoms with Crippen molar-refractivity contribution in [1.29, 1.82) is 0 Å². The molecule has 0 rings (SSSR count). The molecule has 112 valence electrons. The molecule has 0 aliphatic carbocycles. The zero-order valence-corrected chi connectivity index (χ0v) is 13.3. The Bertz CT molecular complexity index is 100. The van der Waals surface area contributed by atoms with Crippen molar-refractivity contribution in [2.45, 2.75) is 104 Å². The molecule has 0 aliphatic heterocycles. The summed E-state index contributed by atoms with van der Waals surface area (Å²) in [5, 5.41) is 8.61. The number of rotatable bonds is 12. The maximum Gasteiger partial charge on any atom is 0.0431 e. The average molecular weight is 258 g/mol. The van der Waals surface area contributed by atoms with Crippen LogP contribution in [0.4, 0.5) is 0 Å². The molecular weight excluding hydrogens is 220 g/mol. The highest BCUT2D eigenvalue weighted by Gasteiger charge is 1.92. The molecule has 0 radical (unpaired) electrons. The Hall–Kier alpha value is -0.0400. The lowest BCUT2D eigenvalue weighted by Crippen LogP contribution is -1.84. The molecule has 0 aromatic rings. The van der Waals surface area contributed by atoms with Gasteiger partial charge in [0.25, 0.3) is 0 Å². The van der Waals surface area contributed by atoms with Gasteiger partial charge in [-0.15, -0.1) is 0 Å². The van der Waals surface area contributed by atoms with Gasteiger partial charge < -0.3 is 5.11 Å². The van der Waals surface area contributed by atoms with E-state index in [1.807, 2.05) is 0 Å².